The molecule has 4 heteroatoms. The van der Waals surface area contributed by atoms with Crippen LogP contribution in [0.3, 0.4) is 0 Å². The summed E-state index contributed by atoms with van der Waals surface area (Å²) in [5, 5.41) is 10.3. The van der Waals surface area contributed by atoms with Gasteiger partial charge in [0.15, 0.2) is 0 Å². The Bertz CT molecular complexity index is 576. The molecular weight excluding hydrogens is 302 g/mol. The van der Waals surface area contributed by atoms with Crippen molar-refractivity contribution in [2.75, 3.05) is 19.8 Å². The van der Waals surface area contributed by atoms with E-state index in [1.54, 1.807) is 0 Å². The Kier molecular flexibility index (Phi) is 4.97. The molecule has 24 heavy (non-hydrogen) atoms. The topological polar surface area (TPSA) is 49.8 Å². The number of ether oxygens (including phenoxy) is 1. The van der Waals surface area contributed by atoms with E-state index in [1.165, 1.54) is 5.56 Å². The van der Waals surface area contributed by atoms with E-state index in [0.717, 1.165) is 24.9 Å². The minimum atomic E-state index is -0.361. The largest absolute Gasteiger partial charge is 0.393 e. The number of hydrogen-bond donors (Lipinski definition) is 1. The summed E-state index contributed by atoms with van der Waals surface area (Å²) in [5.74, 6) is 0.120. The van der Waals surface area contributed by atoms with Crippen LogP contribution >= 0.6 is 0 Å². The van der Waals surface area contributed by atoms with E-state index in [2.05, 4.69) is 32.9 Å². The minimum Gasteiger partial charge on any atom is -0.393 e. The molecule has 1 N–H and O–H groups in total. The van der Waals surface area contributed by atoms with Crippen molar-refractivity contribution in [2.24, 2.45) is 5.92 Å². The number of benzene rings is 1. The maximum atomic E-state index is 13.0. The second kappa shape index (κ2) is 6.85. The molecule has 0 bridgehead atoms. The normalized spacial score (nSPS) is 28.2. The third kappa shape index (κ3) is 3.50. The van der Waals surface area contributed by atoms with Crippen molar-refractivity contribution >= 4 is 5.91 Å². The highest BCUT2D eigenvalue weighted by Gasteiger charge is 2.39. The first-order valence-corrected chi connectivity index (χ1v) is 9.05. The number of hydrogen-bond acceptors (Lipinski definition) is 3. The van der Waals surface area contributed by atoms with Gasteiger partial charge in [-0.2, -0.15) is 0 Å². The number of carbonyl (C=O) groups is 1. The van der Waals surface area contributed by atoms with Gasteiger partial charge in [-0.3, -0.25) is 4.79 Å². The summed E-state index contributed by atoms with van der Waals surface area (Å²) < 4.78 is 5.55. The van der Waals surface area contributed by atoms with Gasteiger partial charge in [0.1, 0.15) is 0 Å². The van der Waals surface area contributed by atoms with Crippen LogP contribution in [0.5, 0.6) is 0 Å². The third-order valence-electron chi connectivity index (χ3n) is 5.41. The Morgan fingerprint density at radius 3 is 2.54 bits per heavy atom. The van der Waals surface area contributed by atoms with Gasteiger partial charge in [-0.15, -0.1) is 0 Å². The van der Waals surface area contributed by atoms with Gasteiger partial charge in [0, 0.05) is 30.7 Å². The van der Waals surface area contributed by atoms with Gasteiger partial charge >= 0.3 is 0 Å². The lowest BCUT2D eigenvalue weighted by molar-refractivity contribution is -0.0589. The Morgan fingerprint density at radius 2 is 1.92 bits per heavy atom. The molecule has 2 aliphatic heterocycles. The summed E-state index contributed by atoms with van der Waals surface area (Å²) in [6.07, 6.45) is 2.26. The van der Waals surface area contributed by atoms with Crippen LogP contribution in [0, 0.1) is 5.92 Å². The number of carbonyl (C=O) groups excluding carboxylic acids is 1. The number of aliphatic hydroxyl groups is 1. The monoisotopic (exact) mass is 331 g/mol. The summed E-state index contributed by atoms with van der Waals surface area (Å²) in [6, 6.07) is 8.07. The smallest absolute Gasteiger partial charge is 0.254 e. The maximum absolute atomic E-state index is 13.0. The lowest BCUT2D eigenvalue weighted by Gasteiger charge is -2.37. The molecule has 1 aromatic carbocycles. The Balaban J connectivity index is 1.76. The summed E-state index contributed by atoms with van der Waals surface area (Å²) in [4.78, 5) is 14.9. The first-order valence-electron chi connectivity index (χ1n) is 9.05. The van der Waals surface area contributed by atoms with E-state index >= 15 is 0 Å². The molecule has 0 saturated carbocycles. The van der Waals surface area contributed by atoms with Crippen molar-refractivity contribution in [1.82, 2.24) is 4.90 Å². The van der Waals surface area contributed by atoms with Gasteiger partial charge in [0.25, 0.3) is 5.91 Å². The molecule has 2 heterocycles. The number of rotatable bonds is 2. The summed E-state index contributed by atoms with van der Waals surface area (Å²) in [6.45, 7) is 8.46. The average Bonchev–Trinajstić information content (AvgIpc) is 3.03. The zero-order chi connectivity index (χ0) is 17.3. The van der Waals surface area contributed by atoms with Crippen molar-refractivity contribution in [1.29, 1.82) is 0 Å². The van der Waals surface area contributed by atoms with E-state index < -0.39 is 0 Å². The molecule has 1 aromatic rings. The van der Waals surface area contributed by atoms with E-state index in [4.69, 9.17) is 4.74 Å². The Hall–Kier alpha value is -1.39. The van der Waals surface area contributed by atoms with Crippen LogP contribution < -0.4 is 0 Å². The zero-order valence-corrected chi connectivity index (χ0v) is 15.0. The predicted molar refractivity (Wildman–Crippen MR) is 94.1 cm³/mol. The van der Waals surface area contributed by atoms with E-state index in [9.17, 15) is 9.90 Å². The highest BCUT2D eigenvalue weighted by molar-refractivity contribution is 5.94. The molecular formula is C20H29NO3. The lowest BCUT2D eigenvalue weighted by Crippen LogP contribution is -2.48. The fourth-order valence-electron chi connectivity index (χ4n) is 3.88. The zero-order valence-electron chi connectivity index (χ0n) is 15.0. The van der Waals surface area contributed by atoms with Crippen LogP contribution in [-0.4, -0.2) is 47.8 Å². The fourth-order valence-corrected chi connectivity index (χ4v) is 3.88. The van der Waals surface area contributed by atoms with E-state index in [1.807, 2.05) is 17.0 Å². The molecule has 0 spiro atoms. The first kappa shape index (κ1) is 17.4. The van der Waals surface area contributed by atoms with E-state index in [0.29, 0.717) is 19.6 Å². The Morgan fingerprint density at radius 1 is 1.21 bits per heavy atom. The van der Waals surface area contributed by atoms with Gasteiger partial charge in [-0.1, -0.05) is 32.9 Å². The molecule has 2 saturated heterocycles. The molecule has 1 amide bonds. The average molecular weight is 331 g/mol. The van der Waals surface area contributed by atoms with E-state index in [-0.39, 0.29) is 29.4 Å². The molecule has 132 valence electrons. The standard InChI is InChI=1S/C20H29NO3/c1-20(2,3)15-8-6-14(7-9-15)19(23)21-11-4-5-17(21)16-13-24-12-10-18(16)22/h6-9,16-18,22H,4-5,10-13H2,1-3H3. The van der Waals surface area contributed by atoms with Crippen molar-refractivity contribution in [2.45, 2.75) is 57.6 Å². The molecule has 3 atom stereocenters. The van der Waals surface area contributed by atoms with Crippen molar-refractivity contribution in [3.8, 4) is 0 Å². The third-order valence-corrected chi connectivity index (χ3v) is 5.41. The molecule has 2 aliphatic rings. The first-order chi connectivity index (χ1) is 11.4. The molecule has 2 fully saturated rings. The van der Waals surface area contributed by atoms with Gasteiger partial charge in [0.05, 0.1) is 12.7 Å². The number of likely N-dealkylation sites (tertiary alicyclic amines) is 1. The number of aliphatic hydroxyl groups excluding tert-OH is 1. The van der Waals surface area contributed by atoms with Gasteiger partial charge in [-0.05, 0) is 42.4 Å². The molecule has 0 aliphatic carbocycles. The predicted octanol–water partition coefficient (Wildman–Crippen LogP) is 2.99. The second-order valence-corrected chi connectivity index (χ2v) is 8.13. The molecule has 3 rings (SSSR count). The molecule has 4 nitrogen and oxygen atoms in total. The SMILES string of the molecule is CC(C)(C)c1ccc(C(=O)N2CCCC2C2COCCC2O)cc1. The van der Waals surface area contributed by atoms with Crippen LogP contribution in [0.1, 0.15) is 56.0 Å². The van der Waals surface area contributed by atoms with Crippen molar-refractivity contribution in [3.63, 3.8) is 0 Å². The summed E-state index contributed by atoms with van der Waals surface area (Å²) >= 11 is 0. The van der Waals surface area contributed by atoms with Crippen LogP contribution in [-0.2, 0) is 10.2 Å². The quantitative estimate of drug-likeness (QED) is 0.906. The maximum Gasteiger partial charge on any atom is 0.254 e. The van der Waals surface area contributed by atoms with Crippen LogP contribution in [0.15, 0.2) is 24.3 Å². The van der Waals surface area contributed by atoms with Crippen LogP contribution in [0.4, 0.5) is 0 Å². The van der Waals surface area contributed by atoms with Crippen molar-refractivity contribution in [3.05, 3.63) is 35.4 Å². The molecule has 0 radical (unpaired) electrons. The van der Waals surface area contributed by atoms with Gasteiger partial charge in [-0.25, -0.2) is 0 Å². The van der Waals surface area contributed by atoms with Crippen LogP contribution in [0.25, 0.3) is 0 Å². The van der Waals surface area contributed by atoms with Gasteiger partial charge in [0.2, 0.25) is 0 Å². The Labute approximate surface area is 144 Å². The molecule has 0 aromatic heterocycles. The highest BCUT2D eigenvalue weighted by Crippen LogP contribution is 2.31. The lowest BCUT2D eigenvalue weighted by atomic mass is 9.86. The second-order valence-electron chi connectivity index (χ2n) is 8.13. The van der Waals surface area contributed by atoms with Crippen molar-refractivity contribution < 1.29 is 14.6 Å². The van der Waals surface area contributed by atoms with Gasteiger partial charge < -0.3 is 14.7 Å². The minimum absolute atomic E-state index is 0.0408. The molecule has 3 unspecified atom stereocenters. The highest BCUT2D eigenvalue weighted by atomic mass is 16.5. The van der Waals surface area contributed by atoms with Crippen LogP contribution in [0.2, 0.25) is 0 Å². The summed E-state index contributed by atoms with van der Waals surface area (Å²) in [7, 11) is 0. The summed E-state index contributed by atoms with van der Waals surface area (Å²) in [5.41, 5.74) is 2.05. The number of amides is 1. The fraction of sp³-hybridized carbons (Fsp3) is 0.650. The number of nitrogens with zero attached hydrogens (tertiary/aromatic N) is 1.